The fourth-order valence-corrected chi connectivity index (χ4v) is 2.19. The third-order valence-corrected chi connectivity index (χ3v) is 3.28. The number of hydrogen-bond acceptors (Lipinski definition) is 0. The summed E-state index contributed by atoms with van der Waals surface area (Å²) in [5.41, 5.74) is 1.08. The lowest BCUT2D eigenvalue weighted by atomic mass is 9.93. The first-order valence-electron chi connectivity index (χ1n) is 6.31. The van der Waals surface area contributed by atoms with Crippen molar-refractivity contribution in [2.45, 2.75) is 13.3 Å². The lowest BCUT2D eigenvalue weighted by Crippen LogP contribution is -2.25. The van der Waals surface area contributed by atoms with Crippen LogP contribution in [-0.2, 0) is 0 Å². The van der Waals surface area contributed by atoms with Gasteiger partial charge >= 0.3 is 0 Å². The van der Waals surface area contributed by atoms with Gasteiger partial charge in [-0.15, -0.1) is 0 Å². The van der Waals surface area contributed by atoms with Crippen LogP contribution in [0.5, 0.6) is 0 Å². The molecule has 0 aliphatic heterocycles. The van der Waals surface area contributed by atoms with E-state index >= 15 is 0 Å². The maximum Gasteiger partial charge on any atom is 0.165 e. The maximum absolute atomic E-state index is 14.0. The van der Waals surface area contributed by atoms with Gasteiger partial charge in [0.25, 0.3) is 0 Å². The van der Waals surface area contributed by atoms with Crippen LogP contribution in [0, 0.1) is 5.92 Å². The van der Waals surface area contributed by atoms with Gasteiger partial charge in [-0.1, -0.05) is 44.4 Å². The maximum atomic E-state index is 14.0. The number of hydrogen-bond donors (Lipinski definition) is 0. The SMILES string of the molecule is C=C(F)/C(F)=c1/ccc(C2=C(F)CC(C)C=C2)cc1=C. The standard InChI is InChI=1S/C17H15F3/c1-10-4-6-15(16(19)8-10)13-5-7-14(11(2)9-13)17(20)12(3)18/h4-7,9-10H,2-3,8H2,1H3/b17-14+. The highest BCUT2D eigenvalue weighted by Gasteiger charge is 2.14. The molecule has 104 valence electrons. The summed E-state index contributed by atoms with van der Waals surface area (Å²) >= 11 is 0. The second-order valence-corrected chi connectivity index (χ2v) is 4.95. The van der Waals surface area contributed by atoms with Crippen LogP contribution in [0.1, 0.15) is 18.9 Å². The Morgan fingerprint density at radius 1 is 1.30 bits per heavy atom. The van der Waals surface area contributed by atoms with Crippen molar-refractivity contribution in [1.82, 2.24) is 0 Å². The smallest absolute Gasteiger partial charge is 0.165 e. The van der Waals surface area contributed by atoms with E-state index in [4.69, 9.17) is 0 Å². The molecule has 1 atom stereocenters. The Bertz CT molecular complexity index is 723. The third kappa shape index (κ3) is 2.77. The van der Waals surface area contributed by atoms with Crippen molar-refractivity contribution < 1.29 is 13.2 Å². The van der Waals surface area contributed by atoms with Gasteiger partial charge < -0.3 is 0 Å². The zero-order valence-corrected chi connectivity index (χ0v) is 11.2. The molecule has 2 rings (SSSR count). The average molecular weight is 276 g/mol. The summed E-state index contributed by atoms with van der Waals surface area (Å²) in [4.78, 5) is 0. The second-order valence-electron chi connectivity index (χ2n) is 4.95. The van der Waals surface area contributed by atoms with E-state index in [0.717, 1.165) is 0 Å². The van der Waals surface area contributed by atoms with E-state index in [9.17, 15) is 13.2 Å². The topological polar surface area (TPSA) is 0 Å². The van der Waals surface area contributed by atoms with Crippen LogP contribution in [-0.4, -0.2) is 0 Å². The zero-order chi connectivity index (χ0) is 14.9. The molecule has 0 fully saturated rings. The van der Waals surface area contributed by atoms with E-state index in [-0.39, 0.29) is 17.0 Å². The summed E-state index contributed by atoms with van der Waals surface area (Å²) in [5, 5.41) is 0.335. The van der Waals surface area contributed by atoms with Gasteiger partial charge in [-0.05, 0) is 22.8 Å². The number of rotatable bonds is 2. The van der Waals surface area contributed by atoms with Gasteiger partial charge in [-0.25, -0.2) is 13.2 Å². The van der Waals surface area contributed by atoms with Crippen molar-refractivity contribution in [2.75, 3.05) is 0 Å². The molecule has 1 aliphatic carbocycles. The lowest BCUT2D eigenvalue weighted by molar-refractivity contribution is 0.540. The third-order valence-electron chi connectivity index (χ3n) is 3.28. The van der Waals surface area contributed by atoms with E-state index in [0.29, 0.717) is 22.8 Å². The normalized spacial score (nSPS) is 20.1. The van der Waals surface area contributed by atoms with Crippen molar-refractivity contribution >= 4 is 18.0 Å². The minimum absolute atomic E-state index is 0.0374. The van der Waals surface area contributed by atoms with Gasteiger partial charge in [0.1, 0.15) is 5.83 Å². The van der Waals surface area contributed by atoms with Crippen LogP contribution in [0.3, 0.4) is 0 Å². The molecule has 1 aromatic rings. The van der Waals surface area contributed by atoms with Crippen molar-refractivity contribution in [3.63, 3.8) is 0 Å². The molecule has 0 aromatic heterocycles. The van der Waals surface area contributed by atoms with Gasteiger partial charge in [0.15, 0.2) is 11.7 Å². The van der Waals surface area contributed by atoms with E-state index in [1.54, 1.807) is 18.2 Å². The van der Waals surface area contributed by atoms with Gasteiger partial charge in [-0.3, -0.25) is 0 Å². The number of allylic oxidation sites excluding steroid dienone is 5. The number of halogens is 3. The molecule has 3 heteroatoms. The second kappa shape index (κ2) is 5.53. The Kier molecular flexibility index (Phi) is 3.98. The molecular formula is C17H15F3. The summed E-state index contributed by atoms with van der Waals surface area (Å²) in [6.07, 6.45) is 3.99. The monoisotopic (exact) mass is 276 g/mol. The largest absolute Gasteiger partial charge is 0.211 e. The summed E-state index contributed by atoms with van der Waals surface area (Å²) in [7, 11) is 0. The Morgan fingerprint density at radius 3 is 2.55 bits per heavy atom. The average Bonchev–Trinajstić information content (AvgIpc) is 2.37. The van der Waals surface area contributed by atoms with E-state index in [1.807, 2.05) is 13.0 Å². The predicted molar refractivity (Wildman–Crippen MR) is 76.9 cm³/mol. The molecule has 1 aliphatic rings. The van der Waals surface area contributed by atoms with Gasteiger partial charge in [0, 0.05) is 17.2 Å². The summed E-state index contributed by atoms with van der Waals surface area (Å²) in [6, 6.07) is 4.50. The summed E-state index contributed by atoms with van der Waals surface area (Å²) in [5.74, 6) is -2.22. The molecule has 20 heavy (non-hydrogen) atoms. The van der Waals surface area contributed by atoms with Gasteiger partial charge in [-0.2, -0.15) is 0 Å². The minimum atomic E-state index is -1.14. The fourth-order valence-electron chi connectivity index (χ4n) is 2.19. The van der Waals surface area contributed by atoms with E-state index < -0.39 is 11.7 Å². The molecule has 0 saturated heterocycles. The molecule has 0 amide bonds. The highest BCUT2D eigenvalue weighted by molar-refractivity contribution is 5.76. The molecule has 0 N–H and O–H groups in total. The van der Waals surface area contributed by atoms with Crippen LogP contribution in [0.2, 0.25) is 0 Å². The molecule has 1 aromatic carbocycles. The van der Waals surface area contributed by atoms with Crippen LogP contribution >= 0.6 is 0 Å². The number of benzene rings is 1. The molecule has 0 bridgehead atoms. The van der Waals surface area contributed by atoms with Crippen molar-refractivity contribution in [1.29, 1.82) is 0 Å². The van der Waals surface area contributed by atoms with Crippen molar-refractivity contribution in [3.05, 3.63) is 64.6 Å². The zero-order valence-electron chi connectivity index (χ0n) is 11.2. The minimum Gasteiger partial charge on any atom is -0.211 e. The molecule has 0 saturated carbocycles. The van der Waals surface area contributed by atoms with E-state index in [1.165, 1.54) is 6.07 Å². The summed E-state index contributed by atoms with van der Waals surface area (Å²) in [6.45, 7) is 8.53. The Hall–Kier alpha value is -2.03. The van der Waals surface area contributed by atoms with E-state index in [2.05, 4.69) is 13.2 Å². The lowest BCUT2D eigenvalue weighted by Gasteiger charge is -2.14. The van der Waals surface area contributed by atoms with Crippen LogP contribution in [0.4, 0.5) is 13.2 Å². The molecule has 0 heterocycles. The highest BCUT2D eigenvalue weighted by Crippen LogP contribution is 2.30. The summed E-state index contributed by atoms with van der Waals surface area (Å²) < 4.78 is 40.3. The molecule has 0 radical (unpaired) electrons. The first-order chi connectivity index (χ1) is 9.40. The molecule has 0 nitrogen and oxygen atoms in total. The van der Waals surface area contributed by atoms with Crippen LogP contribution in [0.25, 0.3) is 18.0 Å². The first kappa shape index (κ1) is 14.4. The molecule has 0 spiro atoms. The first-order valence-corrected chi connectivity index (χ1v) is 6.31. The van der Waals surface area contributed by atoms with Gasteiger partial charge in [0.05, 0.1) is 0 Å². The molecular weight excluding hydrogens is 261 g/mol. The van der Waals surface area contributed by atoms with Crippen molar-refractivity contribution in [3.8, 4) is 0 Å². The Labute approximate surface area is 115 Å². The Morgan fingerprint density at radius 2 is 2.00 bits per heavy atom. The molecule has 1 unspecified atom stereocenters. The Balaban J connectivity index is 2.54. The van der Waals surface area contributed by atoms with Crippen molar-refractivity contribution in [2.24, 2.45) is 5.92 Å². The van der Waals surface area contributed by atoms with Crippen LogP contribution in [0.15, 0.2) is 48.6 Å². The predicted octanol–water partition coefficient (Wildman–Crippen LogP) is 3.93. The van der Waals surface area contributed by atoms with Gasteiger partial charge in [0.2, 0.25) is 0 Å². The quantitative estimate of drug-likeness (QED) is 0.767. The fraction of sp³-hybridized carbons (Fsp3) is 0.176. The highest BCUT2D eigenvalue weighted by atomic mass is 19.2. The van der Waals surface area contributed by atoms with Crippen LogP contribution < -0.4 is 10.4 Å².